The second-order valence-electron chi connectivity index (χ2n) is 30.7. The quantitative estimate of drug-likeness (QED) is 0.0457. The summed E-state index contributed by atoms with van der Waals surface area (Å²) in [5, 5.41) is 2.25. The van der Waals surface area contributed by atoms with E-state index >= 15 is 0 Å². The Morgan fingerprint density at radius 1 is 0.463 bits per heavy atom. The Hall–Kier alpha value is -8.85. The molecule has 0 amide bonds. The molecule has 2 heterocycles. The van der Waals surface area contributed by atoms with Crippen LogP contribution in [0.5, 0.6) is 28.7 Å². The van der Waals surface area contributed by atoms with Crippen molar-refractivity contribution in [3.63, 3.8) is 0 Å². The maximum absolute atomic E-state index is 5.61. The van der Waals surface area contributed by atoms with Gasteiger partial charge in [0.05, 0.1) is 174 Å². The van der Waals surface area contributed by atoms with Crippen LogP contribution >= 0.6 is 0 Å². The van der Waals surface area contributed by atoms with Gasteiger partial charge in [0, 0.05) is 50.8 Å². The van der Waals surface area contributed by atoms with E-state index in [1.54, 1.807) is 98.2 Å². The van der Waals surface area contributed by atoms with Gasteiger partial charge in [-0.3, -0.25) is 0 Å². The van der Waals surface area contributed by atoms with Crippen LogP contribution in [0.4, 0.5) is 0 Å². The van der Waals surface area contributed by atoms with Crippen molar-refractivity contribution in [3.8, 4) is 28.7 Å². The summed E-state index contributed by atoms with van der Waals surface area (Å²) in [6.07, 6.45) is 47.3. The van der Waals surface area contributed by atoms with Crippen LogP contribution in [0.25, 0.3) is 0 Å². The first-order valence-corrected chi connectivity index (χ1v) is 42.7. The normalized spacial score (nSPS) is 23.9. The topological polar surface area (TPSA) is 199 Å². The van der Waals surface area contributed by atoms with Crippen molar-refractivity contribution in [2.45, 2.75) is 218 Å². The number of benzene rings is 3. The van der Waals surface area contributed by atoms with E-state index < -0.39 is 0 Å². The van der Waals surface area contributed by atoms with Crippen LogP contribution in [0.1, 0.15) is 175 Å². The monoisotopic (exact) mass is 1750 g/mol. The third kappa shape index (κ3) is 47.2. The number of fused-ring (bicyclic) bond motifs is 11. The van der Waals surface area contributed by atoms with Crippen LogP contribution < -0.4 is 23.7 Å². The summed E-state index contributed by atoms with van der Waals surface area (Å²) < 4.78 is 102. The van der Waals surface area contributed by atoms with Crippen LogP contribution in [0.15, 0.2) is 246 Å². The fraction of sp³-hybridized carbons (Fsp3) is 0.545. The van der Waals surface area contributed by atoms with Gasteiger partial charge in [0.25, 0.3) is 0 Å². The Morgan fingerprint density at radius 3 is 1.40 bits per heavy atom. The van der Waals surface area contributed by atoms with Gasteiger partial charge in [-0.25, -0.2) is 0 Å². The van der Waals surface area contributed by atoms with Gasteiger partial charge >= 0.3 is 14.4 Å². The molecule has 0 aromatic heterocycles. The van der Waals surface area contributed by atoms with Gasteiger partial charge in [0.2, 0.25) is 0 Å². The largest absolute Gasteiger partial charge is 0 e. The van der Waals surface area contributed by atoms with Crippen LogP contribution in [-0.4, -0.2) is 127 Å². The first-order chi connectivity index (χ1) is 59.5. The summed E-state index contributed by atoms with van der Waals surface area (Å²) in [7, 11) is 15.6. The Morgan fingerprint density at radius 2 is 0.959 bits per heavy atom. The molecule has 8 saturated carbocycles. The second-order valence-corrected chi connectivity index (χ2v) is 30.7. The van der Waals surface area contributed by atoms with Crippen molar-refractivity contribution < 1.29 is 110 Å². The minimum Gasteiger partial charge on any atom is 0 e. The Labute approximate surface area is 758 Å². The molecule has 20 nitrogen and oxygen atoms in total. The van der Waals surface area contributed by atoms with Crippen LogP contribution in [0.2, 0.25) is 1.41 Å². The molecule has 3 aromatic carbocycles. The zero-order chi connectivity index (χ0) is 92.0. The Balaban J connectivity index is 0. The summed E-state index contributed by atoms with van der Waals surface area (Å²) in [5.74, 6) is 12.2. The Bertz CT molecular complexity index is 3300. The van der Waals surface area contributed by atoms with E-state index in [-0.39, 0.29) is 30.1 Å². The van der Waals surface area contributed by atoms with Crippen LogP contribution in [0, 0.1) is 64.5 Å². The molecule has 2 radical (unpaired) electrons. The standard InChI is InChI=1S/C16H24O2.C14H20O.C11H12O3.C11H16O2.C10H16O2.C9H10O2.C7H14O.C6H10O.2C4H8O.3C3H6O.BHN.V/c1-3-17-9-11-5-14-12-7-13(10-18-4-2)15(8-12)16(14)6-11;1-11(2)15-10-12-6-8-13(9-7-12)14(3,4)5;1-4-13-9-6-7-10(14-5-2)11(8-9)12-3;1-3-12-10-7-8-5-6-9(10)11(8)13-4-2;1-3-12-10-8-5-4-7(6-8)9(10)11-2;1-3-11-9-6-4-5-8(7-9)10-2;1-8-7-5-3-2-4-6-7;1-2-6-4-3-5(1)7-6;2*1-3-5-4-2;3*1-3-4-2;1-2;/h3-4,11-16H,1-2,5-10H2;6-9H,1,10H2,2-5H3;4-8H,1-2H2,3H3;3-4,8-11H,1-2,5-7H2;3,7-10H,1,4-6H2,2H3;3-7H,1H2,2H3;7H,2-6H2,1H3;5-6H,1-4H2;2*3H,1,4H2,2H3;3*3H,1H2,2H3;2H;/i;;;;;;;;;;;;;2D;. The molecule has 2 aliphatic heterocycles. The molecule has 10 aliphatic rings. The van der Waals surface area contributed by atoms with Gasteiger partial charge in [0.15, 0.2) is 11.5 Å². The molecule has 14 atom stereocenters. The number of ether oxygens (including phenoxy) is 19. The zero-order valence-corrected chi connectivity index (χ0v) is 78.7. The molecule has 123 heavy (non-hydrogen) atoms. The average molecular weight is 1750 g/mol. The summed E-state index contributed by atoms with van der Waals surface area (Å²) in [4.78, 5) is 0. The van der Waals surface area contributed by atoms with Crippen molar-refractivity contribution in [2.24, 2.45) is 59.2 Å². The van der Waals surface area contributed by atoms with Gasteiger partial charge in [-0.2, -0.15) is 0 Å². The molecule has 13 rings (SSSR count). The van der Waals surface area contributed by atoms with Crippen molar-refractivity contribution in [2.75, 3.05) is 76.2 Å². The maximum atomic E-state index is 5.61. The van der Waals surface area contributed by atoms with Gasteiger partial charge in [-0.05, 0) is 218 Å². The molecular formula is C101H157BNO19V. The van der Waals surface area contributed by atoms with Gasteiger partial charge in [-0.15, -0.1) is 0 Å². The molecule has 8 aliphatic carbocycles. The predicted octanol–water partition coefficient (Wildman–Crippen LogP) is 24.9. The van der Waals surface area contributed by atoms with E-state index in [4.69, 9.17) is 67.7 Å². The first-order valence-electron chi connectivity index (χ1n) is 43.1. The number of nitrogens with one attached hydrogen (secondary N) is 1. The molecule has 8 bridgehead atoms. The van der Waals surface area contributed by atoms with Crippen molar-refractivity contribution >= 4 is 7.64 Å². The van der Waals surface area contributed by atoms with Gasteiger partial charge < -0.3 is 90.0 Å². The SMILES string of the molecule is C1CC2CCC1O2.C=C(C)OCc1ccc(C(C)(C)C)cc1.C=COC.C=COC.C=COC.C=COC1C2CCC(C2)C1OC.C=COC1CC2CCC1C2OC=C.C=COCC.C=COCC.C=COCC1CC2C3CC(COC=C)C(C3)C2C1.C=COc1ccc(OC=C)c(OC)c1.C=COc1cccc(OC)c1.COC1CCCCC1.[2H]N=[B].[V]. The molecule has 0 spiro atoms. The van der Waals surface area contributed by atoms with Crippen molar-refractivity contribution in [3.05, 3.63) is 257 Å². The summed E-state index contributed by atoms with van der Waals surface area (Å²) >= 11 is 0. The first kappa shape index (κ1) is 114. The van der Waals surface area contributed by atoms with E-state index in [0.717, 1.165) is 97.4 Å². The molecule has 3 aromatic rings. The average Bonchev–Trinajstić information content (AvgIpc) is 1.59. The third-order valence-electron chi connectivity index (χ3n) is 22.3. The smallest absolute Gasteiger partial charge is 0 e. The number of hydrogen-bond acceptors (Lipinski definition) is 20. The predicted molar refractivity (Wildman–Crippen MR) is 497 cm³/mol. The van der Waals surface area contributed by atoms with Crippen molar-refractivity contribution in [1.29, 1.82) is 5.31 Å². The minimum absolute atomic E-state index is 0. The fourth-order valence-electron chi connectivity index (χ4n) is 16.9. The maximum Gasteiger partial charge on any atom is 0 e. The van der Waals surface area contributed by atoms with Crippen LogP contribution in [-0.2, 0) is 96.9 Å². The molecule has 14 unspecified atom stereocenters. The summed E-state index contributed by atoms with van der Waals surface area (Å²) in [5.41, 5.74) is 2.75. The Kier molecular flexibility index (Phi) is 68.2. The van der Waals surface area contributed by atoms with Crippen LogP contribution in [0.3, 0.4) is 0 Å². The number of rotatable bonds is 32. The summed E-state index contributed by atoms with van der Waals surface area (Å²) in [6, 6.07) is 21.1. The molecular weight excluding hydrogens is 1590 g/mol. The van der Waals surface area contributed by atoms with Gasteiger partial charge in [0.1, 0.15) is 42.2 Å². The zero-order valence-electron chi connectivity index (χ0n) is 78.3. The number of methoxy groups -OCH3 is 7. The number of hydrogen-bond donors (Lipinski definition) is 1. The molecule has 1 N–H and O–H groups in total. The molecule has 688 valence electrons. The summed E-state index contributed by atoms with van der Waals surface area (Å²) in [6.45, 7) is 64.8. The van der Waals surface area contributed by atoms with E-state index in [9.17, 15) is 0 Å². The molecule has 22 heteroatoms. The molecule has 2 saturated heterocycles. The minimum atomic E-state index is 0. The van der Waals surface area contributed by atoms with E-state index in [1.807, 2.05) is 46.1 Å². The third-order valence-corrected chi connectivity index (χ3v) is 22.3. The van der Waals surface area contributed by atoms with E-state index in [1.165, 1.54) is 177 Å². The fourth-order valence-corrected chi connectivity index (χ4v) is 16.9. The van der Waals surface area contributed by atoms with E-state index in [0.29, 0.717) is 72.3 Å². The van der Waals surface area contributed by atoms with Crippen molar-refractivity contribution in [1.82, 2.24) is 0 Å². The van der Waals surface area contributed by atoms with Gasteiger partial charge in [-0.1, -0.05) is 162 Å². The van der Waals surface area contributed by atoms with E-state index in [2.05, 4.69) is 174 Å². The second kappa shape index (κ2) is 73.5. The number of allylic oxidation sites excluding steroid dienone is 1. The molecule has 10 fully saturated rings.